The number of aliphatic carboxylic acids is 1. The molecule has 0 aliphatic heterocycles. The van der Waals surface area contributed by atoms with Crippen LogP contribution in [0.4, 0.5) is 0 Å². The van der Waals surface area contributed by atoms with E-state index in [2.05, 4.69) is 9.97 Å². The molecule has 0 spiro atoms. The first-order valence-corrected chi connectivity index (χ1v) is 7.46. The second-order valence-electron chi connectivity index (χ2n) is 4.52. The highest BCUT2D eigenvalue weighted by Crippen LogP contribution is 2.24. The third kappa shape index (κ3) is 2.29. The lowest BCUT2D eigenvalue weighted by Crippen LogP contribution is -2.22. The second kappa shape index (κ2) is 5.25. The van der Waals surface area contributed by atoms with Crippen LogP contribution in [0.5, 0.6) is 0 Å². The number of nitrogens with zero attached hydrogens (tertiary/aromatic N) is 2. The summed E-state index contributed by atoms with van der Waals surface area (Å²) >= 11 is 1.06. The molecule has 108 valence electrons. The number of rotatable bonds is 4. The summed E-state index contributed by atoms with van der Waals surface area (Å²) in [6.07, 6.45) is 0. The van der Waals surface area contributed by atoms with Crippen molar-refractivity contribution >= 4 is 39.7 Å². The smallest absolute Gasteiger partial charge is 0.313 e. The van der Waals surface area contributed by atoms with Crippen molar-refractivity contribution in [3.63, 3.8) is 0 Å². The van der Waals surface area contributed by atoms with Gasteiger partial charge in [-0.3, -0.25) is 14.2 Å². The van der Waals surface area contributed by atoms with E-state index in [0.29, 0.717) is 22.7 Å². The summed E-state index contributed by atoms with van der Waals surface area (Å²) in [5.41, 5.74) is 1.72. The number of benzene rings is 1. The lowest BCUT2D eigenvalue weighted by molar-refractivity contribution is -0.133. The van der Waals surface area contributed by atoms with E-state index < -0.39 is 5.97 Å². The molecular formula is C14H13N3O3S. The Morgan fingerprint density at radius 2 is 2.19 bits per heavy atom. The summed E-state index contributed by atoms with van der Waals surface area (Å²) < 4.78 is 1.49. The van der Waals surface area contributed by atoms with Gasteiger partial charge in [0, 0.05) is 17.4 Å². The molecule has 2 N–H and O–H groups in total. The zero-order valence-corrected chi connectivity index (χ0v) is 12.1. The lowest BCUT2D eigenvalue weighted by atomic mass is 10.2. The Morgan fingerprint density at radius 3 is 2.90 bits per heavy atom. The van der Waals surface area contributed by atoms with Crippen molar-refractivity contribution in [2.24, 2.45) is 0 Å². The summed E-state index contributed by atoms with van der Waals surface area (Å²) in [6.45, 7) is 2.28. The van der Waals surface area contributed by atoms with Crippen LogP contribution in [0.1, 0.15) is 6.92 Å². The molecule has 2 heterocycles. The van der Waals surface area contributed by atoms with Gasteiger partial charge in [0.1, 0.15) is 11.0 Å². The molecule has 3 aromatic rings. The molecule has 0 saturated carbocycles. The SMILES string of the molecule is CCn1c(SCC(=O)O)nc2c([nH]c3ccccc32)c1=O. The number of carbonyl (C=O) groups is 1. The van der Waals surface area contributed by atoms with Crippen LogP contribution in [0.25, 0.3) is 21.9 Å². The summed E-state index contributed by atoms with van der Waals surface area (Å²) in [5.74, 6) is -1.06. The average molecular weight is 303 g/mol. The van der Waals surface area contributed by atoms with Gasteiger partial charge in [-0.15, -0.1) is 0 Å². The van der Waals surface area contributed by atoms with Crippen LogP contribution in [0, 0.1) is 0 Å². The molecule has 0 bridgehead atoms. The van der Waals surface area contributed by atoms with Gasteiger partial charge in [-0.1, -0.05) is 30.0 Å². The number of nitrogens with one attached hydrogen (secondary N) is 1. The number of para-hydroxylation sites is 1. The van der Waals surface area contributed by atoms with E-state index >= 15 is 0 Å². The number of carboxylic acids is 1. The molecule has 0 amide bonds. The van der Waals surface area contributed by atoms with Crippen molar-refractivity contribution in [3.8, 4) is 0 Å². The highest BCUT2D eigenvalue weighted by Gasteiger charge is 2.15. The molecule has 1 aromatic carbocycles. The summed E-state index contributed by atoms with van der Waals surface area (Å²) in [6, 6.07) is 7.54. The quantitative estimate of drug-likeness (QED) is 0.569. The van der Waals surface area contributed by atoms with E-state index in [1.165, 1.54) is 4.57 Å². The number of H-pyrrole nitrogens is 1. The fraction of sp³-hybridized carbons (Fsp3) is 0.214. The minimum atomic E-state index is -0.934. The van der Waals surface area contributed by atoms with Gasteiger partial charge in [0.05, 0.1) is 5.75 Å². The first-order chi connectivity index (χ1) is 10.1. The third-order valence-corrected chi connectivity index (χ3v) is 4.18. The zero-order valence-electron chi connectivity index (χ0n) is 11.3. The molecule has 2 aromatic heterocycles. The summed E-state index contributed by atoms with van der Waals surface area (Å²) in [5, 5.41) is 10.1. The van der Waals surface area contributed by atoms with Gasteiger partial charge in [-0.2, -0.15) is 0 Å². The highest BCUT2D eigenvalue weighted by atomic mass is 32.2. The minimum Gasteiger partial charge on any atom is -0.481 e. The van der Waals surface area contributed by atoms with Crippen molar-refractivity contribution in [2.45, 2.75) is 18.6 Å². The topological polar surface area (TPSA) is 88.0 Å². The number of thioether (sulfide) groups is 1. The van der Waals surface area contributed by atoms with E-state index in [1.807, 2.05) is 31.2 Å². The van der Waals surface area contributed by atoms with Crippen molar-refractivity contribution in [3.05, 3.63) is 34.6 Å². The first kappa shape index (κ1) is 13.7. The molecule has 0 aliphatic carbocycles. The predicted octanol–water partition coefficient (Wildman–Crippen LogP) is 2.07. The fourth-order valence-corrected chi connectivity index (χ4v) is 3.07. The normalized spacial score (nSPS) is 11.3. The van der Waals surface area contributed by atoms with Crippen LogP contribution in [0.3, 0.4) is 0 Å². The molecular weight excluding hydrogens is 290 g/mol. The molecule has 0 fully saturated rings. The van der Waals surface area contributed by atoms with E-state index in [0.717, 1.165) is 22.7 Å². The molecule has 6 nitrogen and oxygen atoms in total. The number of aromatic amines is 1. The monoisotopic (exact) mass is 303 g/mol. The summed E-state index contributed by atoms with van der Waals surface area (Å²) in [4.78, 5) is 30.9. The Labute approximate surface area is 123 Å². The van der Waals surface area contributed by atoms with E-state index in [4.69, 9.17) is 5.11 Å². The predicted molar refractivity (Wildman–Crippen MR) is 81.9 cm³/mol. The molecule has 0 saturated heterocycles. The van der Waals surface area contributed by atoms with Gasteiger partial charge in [0.25, 0.3) is 5.56 Å². The van der Waals surface area contributed by atoms with Crippen LogP contribution in [-0.4, -0.2) is 31.4 Å². The van der Waals surface area contributed by atoms with Crippen LogP contribution in [0.15, 0.2) is 34.2 Å². The number of fused-ring (bicyclic) bond motifs is 3. The van der Waals surface area contributed by atoms with E-state index in [9.17, 15) is 9.59 Å². The number of hydrogen-bond donors (Lipinski definition) is 2. The van der Waals surface area contributed by atoms with Crippen LogP contribution >= 0.6 is 11.8 Å². The van der Waals surface area contributed by atoms with E-state index in [-0.39, 0.29) is 11.3 Å². The number of hydrogen-bond acceptors (Lipinski definition) is 4. The molecule has 21 heavy (non-hydrogen) atoms. The van der Waals surface area contributed by atoms with Gasteiger partial charge < -0.3 is 10.1 Å². The van der Waals surface area contributed by atoms with Crippen molar-refractivity contribution in [1.82, 2.24) is 14.5 Å². The lowest BCUT2D eigenvalue weighted by Gasteiger charge is -2.08. The maximum Gasteiger partial charge on any atom is 0.313 e. The maximum atomic E-state index is 12.5. The molecule has 0 atom stereocenters. The average Bonchev–Trinajstić information content (AvgIpc) is 2.84. The maximum absolute atomic E-state index is 12.5. The Balaban J connectivity index is 2.29. The van der Waals surface area contributed by atoms with E-state index in [1.54, 1.807) is 0 Å². The Hall–Kier alpha value is -2.28. The summed E-state index contributed by atoms with van der Waals surface area (Å²) in [7, 11) is 0. The van der Waals surface area contributed by atoms with Crippen molar-refractivity contribution in [2.75, 3.05) is 5.75 Å². The van der Waals surface area contributed by atoms with Gasteiger partial charge in [0.2, 0.25) is 0 Å². The van der Waals surface area contributed by atoms with Crippen molar-refractivity contribution < 1.29 is 9.90 Å². The van der Waals surface area contributed by atoms with Gasteiger partial charge in [-0.05, 0) is 13.0 Å². The van der Waals surface area contributed by atoms with Crippen LogP contribution < -0.4 is 5.56 Å². The number of carboxylic acid groups (broad SMARTS) is 1. The molecule has 0 unspecified atom stereocenters. The van der Waals surface area contributed by atoms with Crippen LogP contribution in [-0.2, 0) is 11.3 Å². The van der Waals surface area contributed by atoms with Crippen LogP contribution in [0.2, 0.25) is 0 Å². The molecule has 0 aliphatic rings. The molecule has 3 rings (SSSR count). The molecule has 0 radical (unpaired) electrons. The Kier molecular flexibility index (Phi) is 3.42. The number of aromatic nitrogens is 3. The highest BCUT2D eigenvalue weighted by molar-refractivity contribution is 7.99. The Morgan fingerprint density at radius 1 is 1.43 bits per heavy atom. The second-order valence-corrected chi connectivity index (χ2v) is 5.46. The van der Waals surface area contributed by atoms with Gasteiger partial charge in [0.15, 0.2) is 5.16 Å². The van der Waals surface area contributed by atoms with Gasteiger partial charge >= 0.3 is 5.97 Å². The molecule has 7 heteroatoms. The Bertz CT molecular complexity index is 897. The third-order valence-electron chi connectivity index (χ3n) is 3.22. The van der Waals surface area contributed by atoms with Crippen molar-refractivity contribution in [1.29, 1.82) is 0 Å². The first-order valence-electron chi connectivity index (χ1n) is 6.47. The fourth-order valence-electron chi connectivity index (χ4n) is 2.29. The zero-order chi connectivity index (χ0) is 15.0. The largest absolute Gasteiger partial charge is 0.481 e. The standard InChI is InChI=1S/C14H13N3O3S/c1-2-17-13(20)12-11(16-14(17)21-7-10(18)19)8-5-3-4-6-9(8)15-12/h3-6,15H,2,7H2,1H3,(H,18,19). The minimum absolute atomic E-state index is 0.125. The van der Waals surface area contributed by atoms with Gasteiger partial charge in [-0.25, -0.2) is 4.98 Å².